The smallest absolute Gasteiger partial charge is 0.373 e. The number of carbonyl (C=O) groups is 1. The molecule has 0 aliphatic heterocycles. The molecule has 32 heavy (non-hydrogen) atoms. The third-order valence-corrected chi connectivity index (χ3v) is 10.3. The Morgan fingerprint density at radius 1 is 1.06 bits per heavy atom. The molecule has 3 rings (SSSR count). The molecule has 1 atom stereocenters. The van der Waals surface area contributed by atoms with Gasteiger partial charge in [-0.1, -0.05) is 51.1 Å². The van der Waals surface area contributed by atoms with E-state index in [2.05, 4.69) is 38.8 Å². The quantitative estimate of drug-likeness (QED) is 0.356. The van der Waals surface area contributed by atoms with Gasteiger partial charge in [0.05, 0.1) is 6.20 Å². The van der Waals surface area contributed by atoms with Crippen molar-refractivity contribution in [3.8, 4) is 11.5 Å². The van der Waals surface area contributed by atoms with E-state index in [0.717, 1.165) is 23.5 Å². The Balaban J connectivity index is 1.72. The minimum Gasteiger partial charge on any atom is -0.475 e. The van der Waals surface area contributed by atoms with Crippen molar-refractivity contribution in [2.45, 2.75) is 57.8 Å². The number of aromatic carboxylic acids is 1. The molecule has 1 N–H and O–H groups in total. The summed E-state index contributed by atoms with van der Waals surface area (Å²) in [4.78, 5) is 15.5. The topological polar surface area (TPSA) is 81.8 Å². The van der Waals surface area contributed by atoms with E-state index in [-0.39, 0.29) is 10.8 Å². The lowest BCUT2D eigenvalue weighted by Gasteiger charge is -2.38. The maximum Gasteiger partial charge on any atom is 0.373 e. The first-order valence-corrected chi connectivity index (χ1v) is 13.6. The van der Waals surface area contributed by atoms with Gasteiger partial charge in [-0.05, 0) is 60.8 Å². The highest BCUT2D eigenvalue weighted by Crippen LogP contribution is 2.40. The SMILES string of the molecule is CC(C)(C)[Si](C)(C)OC(CCc1ccc(Oc2ccccc2)cc1)c1ncc(C(=O)O)o1. The van der Waals surface area contributed by atoms with E-state index in [1.54, 1.807) is 0 Å². The van der Waals surface area contributed by atoms with Crippen LogP contribution in [0.3, 0.4) is 0 Å². The summed E-state index contributed by atoms with van der Waals surface area (Å²) in [6.45, 7) is 10.8. The largest absolute Gasteiger partial charge is 0.475 e. The summed E-state index contributed by atoms with van der Waals surface area (Å²) in [5.74, 6) is 0.570. The first-order chi connectivity index (χ1) is 15.0. The Hall–Kier alpha value is -2.90. The number of hydrogen-bond acceptors (Lipinski definition) is 5. The zero-order chi connectivity index (χ0) is 23.4. The Kier molecular flexibility index (Phi) is 7.21. The van der Waals surface area contributed by atoms with Crippen LogP contribution in [0.1, 0.15) is 55.3 Å². The number of hydrogen-bond donors (Lipinski definition) is 1. The van der Waals surface area contributed by atoms with Crippen molar-refractivity contribution in [2.75, 3.05) is 0 Å². The fraction of sp³-hybridized carbons (Fsp3) is 0.360. The lowest BCUT2D eigenvalue weighted by molar-refractivity contribution is 0.0650. The van der Waals surface area contributed by atoms with Crippen LogP contribution in [-0.2, 0) is 10.8 Å². The van der Waals surface area contributed by atoms with E-state index in [1.807, 2.05) is 54.6 Å². The number of rotatable bonds is 9. The number of benzene rings is 2. The third-order valence-electron chi connectivity index (χ3n) is 5.85. The molecule has 0 bridgehead atoms. The maximum absolute atomic E-state index is 11.2. The van der Waals surface area contributed by atoms with Gasteiger partial charge in [0.1, 0.15) is 17.6 Å². The van der Waals surface area contributed by atoms with Crippen molar-refractivity contribution < 1.29 is 23.5 Å². The third kappa shape index (κ3) is 6.08. The molecule has 0 saturated carbocycles. The van der Waals surface area contributed by atoms with Gasteiger partial charge in [0.25, 0.3) is 0 Å². The first-order valence-electron chi connectivity index (χ1n) is 10.7. The predicted molar refractivity (Wildman–Crippen MR) is 126 cm³/mol. The van der Waals surface area contributed by atoms with Crippen LogP contribution in [-0.4, -0.2) is 24.4 Å². The minimum atomic E-state index is -2.13. The molecular weight excluding hydrogens is 422 g/mol. The van der Waals surface area contributed by atoms with Gasteiger partial charge in [-0.15, -0.1) is 0 Å². The first kappa shape index (κ1) is 23.8. The summed E-state index contributed by atoms with van der Waals surface area (Å²) < 4.78 is 17.9. The van der Waals surface area contributed by atoms with Gasteiger partial charge in [0.2, 0.25) is 11.7 Å². The summed E-state index contributed by atoms with van der Waals surface area (Å²) in [6, 6.07) is 17.6. The molecule has 1 heterocycles. The Labute approximate surface area is 190 Å². The molecule has 2 aromatic carbocycles. The van der Waals surface area contributed by atoms with Gasteiger partial charge in [-0.3, -0.25) is 0 Å². The van der Waals surface area contributed by atoms with Gasteiger partial charge in [-0.25, -0.2) is 9.78 Å². The summed E-state index contributed by atoms with van der Waals surface area (Å²) in [6.07, 6.45) is 2.19. The van der Waals surface area contributed by atoms with Gasteiger partial charge in [0.15, 0.2) is 8.32 Å². The van der Waals surface area contributed by atoms with Crippen LogP contribution in [0.15, 0.2) is 65.2 Å². The van der Waals surface area contributed by atoms with Gasteiger partial charge in [0, 0.05) is 0 Å². The number of oxazole rings is 1. The van der Waals surface area contributed by atoms with Gasteiger partial charge >= 0.3 is 5.97 Å². The summed E-state index contributed by atoms with van der Waals surface area (Å²) in [5.41, 5.74) is 1.12. The second kappa shape index (κ2) is 9.71. The summed E-state index contributed by atoms with van der Waals surface area (Å²) >= 11 is 0. The standard InChI is InChI=1S/C25H31NO5Si/c1-25(2,3)32(4,5)31-21(23-26-17-22(30-23)24(27)28)16-13-18-11-14-20(15-12-18)29-19-9-7-6-8-10-19/h6-12,14-15,17,21H,13,16H2,1-5H3,(H,27,28). The van der Waals surface area contributed by atoms with Crippen molar-refractivity contribution in [2.24, 2.45) is 0 Å². The van der Waals surface area contributed by atoms with Crippen LogP contribution >= 0.6 is 0 Å². The maximum atomic E-state index is 11.2. The minimum absolute atomic E-state index is 0.00387. The average molecular weight is 454 g/mol. The molecule has 0 radical (unpaired) electrons. The average Bonchev–Trinajstić information content (AvgIpc) is 3.23. The van der Waals surface area contributed by atoms with Gasteiger partial charge < -0.3 is 18.7 Å². The highest BCUT2D eigenvalue weighted by molar-refractivity contribution is 6.74. The zero-order valence-corrected chi connectivity index (χ0v) is 20.3. The molecule has 170 valence electrons. The molecule has 1 unspecified atom stereocenters. The molecule has 1 aromatic heterocycles. The van der Waals surface area contributed by atoms with Crippen molar-refractivity contribution in [1.82, 2.24) is 4.98 Å². The highest BCUT2D eigenvalue weighted by Gasteiger charge is 2.40. The fourth-order valence-corrected chi connectivity index (χ4v) is 4.23. The lowest BCUT2D eigenvalue weighted by Crippen LogP contribution is -2.42. The predicted octanol–water partition coefficient (Wildman–Crippen LogP) is 6.86. The fourth-order valence-electron chi connectivity index (χ4n) is 2.95. The van der Waals surface area contributed by atoms with E-state index < -0.39 is 20.4 Å². The van der Waals surface area contributed by atoms with Crippen molar-refractivity contribution >= 4 is 14.3 Å². The second-order valence-electron chi connectivity index (χ2n) is 9.33. The van der Waals surface area contributed by atoms with E-state index in [0.29, 0.717) is 12.3 Å². The normalized spacial score (nSPS) is 13.0. The Morgan fingerprint density at radius 2 is 1.69 bits per heavy atom. The van der Waals surface area contributed by atoms with E-state index in [4.69, 9.17) is 13.6 Å². The molecule has 6 nitrogen and oxygen atoms in total. The van der Waals surface area contributed by atoms with E-state index in [1.165, 1.54) is 6.20 Å². The monoisotopic (exact) mass is 453 g/mol. The van der Waals surface area contributed by atoms with Crippen LogP contribution < -0.4 is 4.74 Å². The van der Waals surface area contributed by atoms with Crippen LogP contribution in [0.25, 0.3) is 0 Å². The van der Waals surface area contributed by atoms with Crippen LogP contribution in [0.2, 0.25) is 18.1 Å². The summed E-state index contributed by atoms with van der Waals surface area (Å²) in [5, 5.41) is 9.21. The summed E-state index contributed by atoms with van der Waals surface area (Å²) in [7, 11) is -2.13. The Morgan fingerprint density at radius 3 is 2.25 bits per heavy atom. The molecule has 7 heteroatoms. The number of aryl methyl sites for hydroxylation is 1. The van der Waals surface area contributed by atoms with Crippen LogP contribution in [0.4, 0.5) is 0 Å². The van der Waals surface area contributed by atoms with Crippen molar-refractivity contribution in [1.29, 1.82) is 0 Å². The zero-order valence-electron chi connectivity index (χ0n) is 19.3. The number of carboxylic acids is 1. The van der Waals surface area contributed by atoms with Crippen molar-refractivity contribution in [3.05, 3.63) is 78.0 Å². The molecule has 0 aliphatic carbocycles. The molecule has 0 saturated heterocycles. The molecular formula is C25H31NO5Si. The number of para-hydroxylation sites is 1. The number of carboxylic acid groups (broad SMARTS) is 1. The van der Waals surface area contributed by atoms with Crippen molar-refractivity contribution in [3.63, 3.8) is 0 Å². The molecule has 0 spiro atoms. The molecule has 3 aromatic rings. The lowest BCUT2D eigenvalue weighted by atomic mass is 10.1. The molecule has 0 fully saturated rings. The highest BCUT2D eigenvalue weighted by atomic mass is 28.4. The number of nitrogens with zero attached hydrogens (tertiary/aromatic N) is 1. The van der Waals surface area contributed by atoms with E-state index >= 15 is 0 Å². The number of aromatic nitrogens is 1. The van der Waals surface area contributed by atoms with Gasteiger partial charge in [-0.2, -0.15) is 0 Å². The number of ether oxygens (including phenoxy) is 1. The molecule has 0 amide bonds. The second-order valence-corrected chi connectivity index (χ2v) is 14.1. The van der Waals surface area contributed by atoms with E-state index in [9.17, 15) is 9.90 Å². The molecule has 0 aliphatic rings. The Bertz CT molecular complexity index is 1020. The van der Waals surface area contributed by atoms with Crippen LogP contribution in [0.5, 0.6) is 11.5 Å². The van der Waals surface area contributed by atoms with Crippen LogP contribution in [0, 0.1) is 0 Å².